The van der Waals surface area contributed by atoms with Crippen LogP contribution in [0, 0.1) is 5.92 Å². The lowest BCUT2D eigenvalue weighted by molar-refractivity contribution is -0.164. The van der Waals surface area contributed by atoms with Crippen molar-refractivity contribution < 1.29 is 23.9 Å². The molecule has 8 heteroatoms. The highest BCUT2D eigenvalue weighted by atomic mass is 16.6. The Kier molecular flexibility index (Phi) is 9.30. The summed E-state index contributed by atoms with van der Waals surface area (Å²) in [6, 6.07) is 28.4. The van der Waals surface area contributed by atoms with Crippen LogP contribution in [0.15, 0.2) is 84.9 Å². The summed E-state index contributed by atoms with van der Waals surface area (Å²) in [5.41, 5.74) is 2.91. The van der Waals surface area contributed by atoms with Crippen LogP contribution in [0.1, 0.15) is 51.2 Å². The number of carbonyl (C=O) groups is 4. The number of ketones is 1. The summed E-state index contributed by atoms with van der Waals surface area (Å²) in [7, 11) is 0. The summed E-state index contributed by atoms with van der Waals surface area (Å²) < 4.78 is 5.27. The molecule has 8 nitrogen and oxygen atoms in total. The number of esters is 1. The predicted molar refractivity (Wildman–Crippen MR) is 168 cm³/mol. The molecule has 0 aromatic heterocycles. The highest BCUT2D eigenvalue weighted by Crippen LogP contribution is 2.40. The van der Waals surface area contributed by atoms with Gasteiger partial charge in [-0.1, -0.05) is 84.9 Å². The third-order valence-corrected chi connectivity index (χ3v) is 8.44. The Hall–Kier alpha value is -4.30. The molecule has 2 fully saturated rings. The van der Waals surface area contributed by atoms with E-state index in [2.05, 4.69) is 22.3 Å². The number of amides is 2. The third-order valence-electron chi connectivity index (χ3n) is 8.44. The van der Waals surface area contributed by atoms with E-state index in [1.54, 1.807) is 25.7 Å². The number of nitrogens with zero attached hydrogens (tertiary/aromatic N) is 2. The van der Waals surface area contributed by atoms with Crippen molar-refractivity contribution in [2.24, 2.45) is 5.92 Å². The number of Topliss-reactive ketones (excluding diaryl/α,β-unsaturated/α-hetero) is 1. The van der Waals surface area contributed by atoms with Crippen molar-refractivity contribution >= 4 is 23.6 Å². The Balaban J connectivity index is 1.35. The third kappa shape index (κ3) is 7.42. The van der Waals surface area contributed by atoms with Crippen molar-refractivity contribution in [3.05, 3.63) is 96.1 Å². The normalized spacial score (nSPS) is 18.7. The van der Waals surface area contributed by atoms with Gasteiger partial charge in [0.2, 0.25) is 11.8 Å². The topological polar surface area (TPSA) is 96.0 Å². The van der Waals surface area contributed by atoms with Gasteiger partial charge in [-0.15, -0.1) is 0 Å². The van der Waals surface area contributed by atoms with Gasteiger partial charge in [0.05, 0.1) is 5.54 Å². The zero-order chi connectivity index (χ0) is 31.3. The molecule has 1 N–H and O–H groups in total. The molecule has 3 aromatic carbocycles. The van der Waals surface area contributed by atoms with Crippen LogP contribution < -0.4 is 5.32 Å². The van der Waals surface area contributed by atoms with Crippen LogP contribution in [0.3, 0.4) is 0 Å². The molecule has 1 atom stereocenters. The van der Waals surface area contributed by atoms with Gasteiger partial charge >= 0.3 is 5.97 Å². The summed E-state index contributed by atoms with van der Waals surface area (Å²) >= 11 is 0. The number of likely N-dealkylation sites (tertiary alicyclic amines) is 2. The van der Waals surface area contributed by atoms with Crippen LogP contribution in [0.2, 0.25) is 0 Å². The minimum atomic E-state index is -1.49. The van der Waals surface area contributed by atoms with Crippen molar-refractivity contribution in [3.63, 3.8) is 0 Å². The molecule has 0 radical (unpaired) electrons. The van der Waals surface area contributed by atoms with Gasteiger partial charge in [0.1, 0.15) is 12.1 Å². The average molecular weight is 596 g/mol. The lowest BCUT2D eigenvalue weighted by Crippen LogP contribution is -2.65. The van der Waals surface area contributed by atoms with Gasteiger partial charge < -0.3 is 15.0 Å². The maximum Gasteiger partial charge on any atom is 0.325 e. The maximum absolute atomic E-state index is 14.1. The van der Waals surface area contributed by atoms with E-state index in [0.29, 0.717) is 12.8 Å². The van der Waals surface area contributed by atoms with Gasteiger partial charge in [0.25, 0.3) is 0 Å². The molecule has 230 valence electrons. The lowest BCUT2D eigenvalue weighted by atomic mass is 9.74. The minimum absolute atomic E-state index is 0.102. The molecular formula is C36H41N3O5. The minimum Gasteiger partial charge on any atom is -0.459 e. The Labute approximate surface area is 259 Å². The molecular weight excluding hydrogens is 554 g/mol. The van der Waals surface area contributed by atoms with Crippen molar-refractivity contribution in [2.45, 2.75) is 64.3 Å². The summed E-state index contributed by atoms with van der Waals surface area (Å²) in [4.78, 5) is 57.2. The van der Waals surface area contributed by atoms with Crippen molar-refractivity contribution in [3.8, 4) is 11.1 Å². The first-order valence-corrected chi connectivity index (χ1v) is 15.3. The van der Waals surface area contributed by atoms with Gasteiger partial charge in [-0.3, -0.25) is 24.1 Å². The fourth-order valence-electron chi connectivity index (χ4n) is 6.22. The second kappa shape index (κ2) is 13.1. The molecule has 2 aliphatic heterocycles. The first-order valence-electron chi connectivity index (χ1n) is 15.3. The van der Waals surface area contributed by atoms with Gasteiger partial charge in [0, 0.05) is 32.6 Å². The largest absolute Gasteiger partial charge is 0.459 e. The highest BCUT2D eigenvalue weighted by Gasteiger charge is 2.53. The summed E-state index contributed by atoms with van der Waals surface area (Å²) in [6.45, 7) is 7.34. The van der Waals surface area contributed by atoms with E-state index < -0.39 is 47.2 Å². The van der Waals surface area contributed by atoms with E-state index >= 15 is 0 Å². The zero-order valence-electron chi connectivity index (χ0n) is 25.8. The smallest absolute Gasteiger partial charge is 0.325 e. The SMILES string of the molecule is CC(C)(C)OC(=O)CNC(=O)C1C(=O)CC2(CCN(Cc3ccccc3)CC2)N(Cc2ccc(-c3ccccc3)cc2)C1=O. The molecule has 0 saturated carbocycles. The predicted octanol–water partition coefficient (Wildman–Crippen LogP) is 4.76. The summed E-state index contributed by atoms with van der Waals surface area (Å²) in [6.07, 6.45) is 1.36. The Morgan fingerprint density at radius 1 is 0.818 bits per heavy atom. The van der Waals surface area contributed by atoms with E-state index in [-0.39, 0.29) is 13.0 Å². The van der Waals surface area contributed by atoms with E-state index in [1.165, 1.54) is 5.56 Å². The van der Waals surface area contributed by atoms with E-state index in [9.17, 15) is 19.2 Å². The Bertz CT molecular complexity index is 1470. The number of benzene rings is 3. The fourth-order valence-corrected chi connectivity index (χ4v) is 6.22. The number of carbonyl (C=O) groups excluding carboxylic acids is 4. The molecule has 2 amide bonds. The molecule has 5 rings (SSSR count). The molecule has 2 aliphatic rings. The Morgan fingerprint density at radius 3 is 2.00 bits per heavy atom. The summed E-state index contributed by atoms with van der Waals surface area (Å²) in [5, 5.41) is 2.48. The summed E-state index contributed by atoms with van der Waals surface area (Å²) in [5.74, 6) is -3.78. The molecule has 2 heterocycles. The van der Waals surface area contributed by atoms with Crippen LogP contribution in [0.5, 0.6) is 0 Å². The Morgan fingerprint density at radius 2 is 1.39 bits per heavy atom. The average Bonchev–Trinajstić information content (AvgIpc) is 3.00. The molecule has 3 aromatic rings. The van der Waals surface area contributed by atoms with E-state index in [0.717, 1.165) is 36.3 Å². The molecule has 1 spiro atoms. The molecule has 44 heavy (non-hydrogen) atoms. The number of nitrogens with one attached hydrogen (secondary N) is 1. The van der Waals surface area contributed by atoms with Crippen LogP contribution >= 0.6 is 0 Å². The number of ether oxygens (including phenoxy) is 1. The first-order chi connectivity index (χ1) is 21.0. The fraction of sp³-hybridized carbons (Fsp3) is 0.389. The molecule has 0 aliphatic carbocycles. The second-order valence-corrected chi connectivity index (χ2v) is 12.9. The van der Waals surface area contributed by atoms with Crippen LogP contribution in [-0.4, -0.2) is 64.1 Å². The van der Waals surface area contributed by atoms with Crippen LogP contribution in [0.25, 0.3) is 11.1 Å². The lowest BCUT2D eigenvalue weighted by Gasteiger charge is -2.52. The monoisotopic (exact) mass is 595 g/mol. The van der Waals surface area contributed by atoms with E-state index in [1.807, 2.05) is 72.8 Å². The van der Waals surface area contributed by atoms with Crippen LogP contribution in [-0.2, 0) is 37.0 Å². The van der Waals surface area contributed by atoms with Gasteiger partial charge in [-0.05, 0) is 55.9 Å². The quantitative estimate of drug-likeness (QED) is 0.298. The van der Waals surface area contributed by atoms with Gasteiger partial charge in [0.15, 0.2) is 11.7 Å². The number of piperidine rings is 2. The maximum atomic E-state index is 14.1. The first kappa shape index (κ1) is 31.1. The highest BCUT2D eigenvalue weighted by molar-refractivity contribution is 6.20. The van der Waals surface area contributed by atoms with Crippen molar-refractivity contribution in [1.29, 1.82) is 0 Å². The molecule has 2 saturated heterocycles. The van der Waals surface area contributed by atoms with E-state index in [4.69, 9.17) is 4.74 Å². The van der Waals surface area contributed by atoms with Gasteiger partial charge in [-0.2, -0.15) is 0 Å². The van der Waals surface area contributed by atoms with Crippen LogP contribution in [0.4, 0.5) is 0 Å². The second-order valence-electron chi connectivity index (χ2n) is 12.9. The number of hydrogen-bond acceptors (Lipinski definition) is 6. The molecule has 1 unspecified atom stereocenters. The van der Waals surface area contributed by atoms with Crippen molar-refractivity contribution in [2.75, 3.05) is 19.6 Å². The number of hydrogen-bond donors (Lipinski definition) is 1. The van der Waals surface area contributed by atoms with Crippen molar-refractivity contribution in [1.82, 2.24) is 15.1 Å². The van der Waals surface area contributed by atoms with Gasteiger partial charge in [-0.25, -0.2) is 0 Å². The number of rotatable bonds is 8. The zero-order valence-corrected chi connectivity index (χ0v) is 25.8. The standard InChI is InChI=1S/C36H41N3O5/c1-35(2,3)44-31(41)23-37-33(42)32-30(40)22-36(18-20-38(21-19-36)24-26-10-6-4-7-11-26)39(34(32)43)25-27-14-16-29(17-15-27)28-12-8-5-9-13-28/h4-17,32H,18-25H2,1-3H3,(H,37,42). The molecule has 0 bridgehead atoms.